The third-order valence-corrected chi connectivity index (χ3v) is 6.28. The molecule has 3 unspecified atom stereocenters. The molecule has 1 aromatic heterocycles. The number of amides is 1. The van der Waals surface area contributed by atoms with Gasteiger partial charge < -0.3 is 10.2 Å². The maximum atomic E-state index is 13.2. The molecule has 3 aromatic rings. The zero-order valence-electron chi connectivity index (χ0n) is 17.2. The summed E-state index contributed by atoms with van der Waals surface area (Å²) in [5, 5.41) is 19.4. The zero-order chi connectivity index (χ0) is 22.1. The van der Waals surface area contributed by atoms with Crippen molar-refractivity contribution in [1.82, 2.24) is 15.1 Å². The molecule has 1 saturated heterocycles. The van der Waals surface area contributed by atoms with E-state index in [2.05, 4.69) is 26.7 Å². The standard InChI is InChI=1S/C24H21FN6O/c25-17-5-7-18(8-6-17)28-21-4-2-1-3-19(21)22-10-23(30-29-22)24(32)27-11-15-9-16-12-31(14-26)13-20(15)16/h1-8,10-11,15-16,20,28H,9,12-13H2,(H,29,30). The first-order chi connectivity index (χ1) is 15.6. The fourth-order valence-electron chi connectivity index (χ4n) is 4.52. The summed E-state index contributed by atoms with van der Waals surface area (Å²) in [6.07, 6.45) is 4.90. The van der Waals surface area contributed by atoms with Crippen molar-refractivity contribution >= 4 is 23.5 Å². The van der Waals surface area contributed by atoms with Gasteiger partial charge in [-0.15, -0.1) is 0 Å². The van der Waals surface area contributed by atoms with Crippen molar-refractivity contribution < 1.29 is 9.18 Å². The molecule has 2 fully saturated rings. The fourth-order valence-corrected chi connectivity index (χ4v) is 4.52. The van der Waals surface area contributed by atoms with Gasteiger partial charge in [-0.05, 0) is 60.6 Å². The summed E-state index contributed by atoms with van der Waals surface area (Å²) in [5.41, 5.74) is 3.26. The van der Waals surface area contributed by atoms with Crippen molar-refractivity contribution in [2.24, 2.45) is 22.7 Å². The van der Waals surface area contributed by atoms with E-state index in [4.69, 9.17) is 5.26 Å². The number of aromatic nitrogens is 2. The summed E-state index contributed by atoms with van der Waals surface area (Å²) in [6.45, 7) is 1.56. The van der Waals surface area contributed by atoms with Crippen LogP contribution in [0.15, 0.2) is 59.6 Å². The third-order valence-electron chi connectivity index (χ3n) is 6.28. The van der Waals surface area contributed by atoms with E-state index in [0.717, 1.165) is 36.4 Å². The van der Waals surface area contributed by atoms with Crippen LogP contribution >= 0.6 is 0 Å². The number of nitrogens with zero attached hydrogens (tertiary/aromatic N) is 4. The highest BCUT2D eigenvalue weighted by molar-refractivity contribution is 5.98. The van der Waals surface area contributed by atoms with E-state index in [9.17, 15) is 9.18 Å². The molecule has 0 spiro atoms. The van der Waals surface area contributed by atoms with Gasteiger partial charge in [-0.1, -0.05) is 18.2 Å². The number of para-hydroxylation sites is 1. The summed E-state index contributed by atoms with van der Waals surface area (Å²) in [5.74, 6) is 0.516. The lowest BCUT2D eigenvalue weighted by atomic mass is 9.67. The van der Waals surface area contributed by atoms with Gasteiger partial charge in [0.15, 0.2) is 6.19 Å². The van der Waals surface area contributed by atoms with Crippen molar-refractivity contribution in [2.75, 3.05) is 18.4 Å². The Hall–Kier alpha value is -3.99. The molecule has 160 valence electrons. The maximum absolute atomic E-state index is 13.2. The molecular formula is C24H21FN6O. The van der Waals surface area contributed by atoms with Crippen LogP contribution in [0.1, 0.15) is 16.9 Å². The quantitative estimate of drug-likeness (QED) is 0.468. The normalized spacial score (nSPS) is 21.8. The van der Waals surface area contributed by atoms with E-state index in [1.807, 2.05) is 24.3 Å². The van der Waals surface area contributed by atoms with E-state index in [1.165, 1.54) is 12.1 Å². The molecule has 1 aliphatic heterocycles. The number of benzene rings is 2. The highest BCUT2D eigenvalue weighted by Gasteiger charge is 2.46. The first-order valence-electron chi connectivity index (χ1n) is 10.5. The second kappa shape index (κ2) is 8.27. The first kappa shape index (κ1) is 19.9. The molecule has 1 amide bonds. The van der Waals surface area contributed by atoms with Crippen LogP contribution in [0.5, 0.6) is 0 Å². The van der Waals surface area contributed by atoms with Gasteiger partial charge in [0.2, 0.25) is 0 Å². The minimum atomic E-state index is -0.369. The van der Waals surface area contributed by atoms with E-state index in [-0.39, 0.29) is 17.6 Å². The molecule has 32 heavy (non-hydrogen) atoms. The molecule has 2 aliphatic rings. The Kier molecular flexibility index (Phi) is 5.15. The smallest absolute Gasteiger partial charge is 0.294 e. The number of carbonyl (C=O) groups excluding carboxylic acids is 1. The Labute approximate surface area is 184 Å². The number of likely N-dealkylation sites (tertiary alicyclic amines) is 1. The molecule has 1 saturated carbocycles. The lowest BCUT2D eigenvalue weighted by Crippen LogP contribution is -2.36. The zero-order valence-corrected chi connectivity index (χ0v) is 17.2. The number of rotatable bonds is 5. The monoisotopic (exact) mass is 428 g/mol. The number of H-pyrrole nitrogens is 1. The molecule has 2 N–H and O–H groups in total. The molecule has 8 heteroatoms. The highest BCUT2D eigenvalue weighted by Crippen LogP contribution is 2.44. The maximum Gasteiger partial charge on any atom is 0.294 e. The van der Waals surface area contributed by atoms with Gasteiger partial charge in [0.25, 0.3) is 5.91 Å². The number of aliphatic imine (C=N–C) groups is 1. The van der Waals surface area contributed by atoms with Crippen LogP contribution in [-0.4, -0.2) is 40.3 Å². The summed E-state index contributed by atoms with van der Waals surface area (Å²) >= 11 is 0. The number of halogens is 1. The van der Waals surface area contributed by atoms with Crippen molar-refractivity contribution in [3.8, 4) is 17.5 Å². The van der Waals surface area contributed by atoms with Crippen LogP contribution in [-0.2, 0) is 0 Å². The van der Waals surface area contributed by atoms with Crippen molar-refractivity contribution in [2.45, 2.75) is 6.42 Å². The van der Waals surface area contributed by atoms with Gasteiger partial charge in [0, 0.05) is 36.2 Å². The summed E-state index contributed by atoms with van der Waals surface area (Å²) in [6, 6.07) is 15.4. The molecule has 3 atom stereocenters. The number of nitriles is 1. The molecule has 2 heterocycles. The first-order valence-corrected chi connectivity index (χ1v) is 10.5. The van der Waals surface area contributed by atoms with Gasteiger partial charge in [0.1, 0.15) is 11.5 Å². The van der Waals surface area contributed by atoms with E-state index >= 15 is 0 Å². The number of carbonyl (C=O) groups is 1. The largest absolute Gasteiger partial charge is 0.355 e. The SMILES string of the molecule is N#CN1CC2CC(C=NC(=O)c3cc(-c4ccccc4Nc4ccc(F)cc4)n[nH]3)C2C1. The summed E-state index contributed by atoms with van der Waals surface area (Å²) < 4.78 is 13.2. The van der Waals surface area contributed by atoms with Gasteiger partial charge in [0.05, 0.1) is 5.69 Å². The number of hydrogen-bond donors (Lipinski definition) is 2. The van der Waals surface area contributed by atoms with Crippen molar-refractivity contribution in [3.63, 3.8) is 0 Å². The predicted molar refractivity (Wildman–Crippen MR) is 119 cm³/mol. The topological polar surface area (TPSA) is 97.2 Å². The molecule has 2 aromatic carbocycles. The van der Waals surface area contributed by atoms with Gasteiger partial charge >= 0.3 is 0 Å². The molecule has 5 rings (SSSR count). The minimum absolute atomic E-state index is 0.241. The second-order valence-corrected chi connectivity index (χ2v) is 8.26. The molecular weight excluding hydrogens is 407 g/mol. The average molecular weight is 428 g/mol. The Morgan fingerprint density at radius 1 is 1.25 bits per heavy atom. The Balaban J connectivity index is 1.28. The van der Waals surface area contributed by atoms with E-state index in [1.54, 1.807) is 29.3 Å². The molecule has 1 aliphatic carbocycles. The lowest BCUT2D eigenvalue weighted by molar-refractivity contribution is 0.0996. The predicted octanol–water partition coefficient (Wildman–Crippen LogP) is 4.22. The van der Waals surface area contributed by atoms with Crippen LogP contribution in [0.3, 0.4) is 0 Å². The summed E-state index contributed by atoms with van der Waals surface area (Å²) in [7, 11) is 0. The molecule has 7 nitrogen and oxygen atoms in total. The number of hydrogen-bond acceptors (Lipinski definition) is 5. The number of nitrogens with one attached hydrogen (secondary N) is 2. The van der Waals surface area contributed by atoms with Crippen LogP contribution < -0.4 is 5.32 Å². The molecule has 0 radical (unpaired) electrons. The van der Waals surface area contributed by atoms with Gasteiger partial charge in [-0.25, -0.2) is 9.38 Å². The van der Waals surface area contributed by atoms with Gasteiger partial charge in [-0.3, -0.25) is 9.89 Å². The number of fused-ring (bicyclic) bond motifs is 1. The van der Waals surface area contributed by atoms with E-state index < -0.39 is 0 Å². The van der Waals surface area contributed by atoms with Crippen LogP contribution in [0.25, 0.3) is 11.3 Å². The van der Waals surface area contributed by atoms with Crippen molar-refractivity contribution in [1.29, 1.82) is 5.26 Å². The number of aromatic amines is 1. The lowest BCUT2D eigenvalue weighted by Gasteiger charge is -2.36. The van der Waals surface area contributed by atoms with Crippen molar-refractivity contribution in [3.05, 3.63) is 66.1 Å². The number of anilines is 2. The fraction of sp³-hybridized carbons (Fsp3) is 0.250. The highest BCUT2D eigenvalue weighted by atomic mass is 19.1. The molecule has 0 bridgehead atoms. The van der Waals surface area contributed by atoms with Gasteiger partial charge in [-0.2, -0.15) is 10.4 Å². The third kappa shape index (κ3) is 3.85. The van der Waals surface area contributed by atoms with Crippen LogP contribution in [0, 0.1) is 35.0 Å². The summed E-state index contributed by atoms with van der Waals surface area (Å²) in [4.78, 5) is 18.5. The van der Waals surface area contributed by atoms with Crippen LogP contribution in [0.4, 0.5) is 15.8 Å². The second-order valence-electron chi connectivity index (χ2n) is 8.26. The average Bonchev–Trinajstić information content (AvgIpc) is 3.41. The van der Waals surface area contributed by atoms with E-state index in [0.29, 0.717) is 23.2 Å². The Morgan fingerprint density at radius 3 is 2.88 bits per heavy atom. The Morgan fingerprint density at radius 2 is 2.06 bits per heavy atom. The minimum Gasteiger partial charge on any atom is -0.355 e. The Bertz CT molecular complexity index is 1210. The van der Waals surface area contributed by atoms with Crippen LogP contribution in [0.2, 0.25) is 0 Å².